The molecule has 0 spiro atoms. The maximum absolute atomic E-state index is 12.1. The summed E-state index contributed by atoms with van der Waals surface area (Å²) >= 11 is 0. The van der Waals surface area contributed by atoms with E-state index in [4.69, 9.17) is 0 Å². The van der Waals surface area contributed by atoms with Crippen molar-refractivity contribution < 1.29 is 30.0 Å². The zero-order valence-electron chi connectivity index (χ0n) is 10.5. The number of halogens is 3. The first-order chi connectivity index (χ1) is 8.87. The van der Waals surface area contributed by atoms with E-state index in [0.717, 1.165) is 17.7 Å². The zero-order valence-corrected chi connectivity index (χ0v) is 12.1. The quantitative estimate of drug-likeness (QED) is 0.914. The molecule has 1 rings (SSSR count). The molecule has 1 N–H and O–H groups in total. The smallest absolute Gasteiger partial charge is 0.206 e. The summed E-state index contributed by atoms with van der Waals surface area (Å²) in [6.07, 6.45) is 0. The number of alkyl halides is 3. The largest absolute Gasteiger partial charge is 0.512 e. The average molecular weight is 331 g/mol. The van der Waals surface area contributed by atoms with Gasteiger partial charge >= 0.3 is 15.5 Å². The minimum absolute atomic E-state index is 0.0959. The van der Waals surface area contributed by atoms with Crippen LogP contribution in [0.3, 0.4) is 0 Å². The van der Waals surface area contributed by atoms with Crippen molar-refractivity contribution in [1.82, 2.24) is 4.13 Å². The molecule has 0 aliphatic carbocycles. The van der Waals surface area contributed by atoms with Crippen molar-refractivity contribution >= 4 is 20.0 Å². The van der Waals surface area contributed by atoms with Gasteiger partial charge in [-0.3, -0.25) is 0 Å². The van der Waals surface area contributed by atoms with Gasteiger partial charge in [-0.15, -0.1) is 0 Å². The molecule has 10 heteroatoms. The van der Waals surface area contributed by atoms with Crippen molar-refractivity contribution in [3.05, 3.63) is 29.8 Å². The summed E-state index contributed by atoms with van der Waals surface area (Å²) in [6, 6.07) is 4.89. The summed E-state index contributed by atoms with van der Waals surface area (Å²) < 4.78 is 81.8. The molecule has 0 saturated carbocycles. The monoisotopic (exact) mass is 331 g/mol. The van der Waals surface area contributed by atoms with Crippen LogP contribution in [0.25, 0.3) is 0 Å². The summed E-state index contributed by atoms with van der Waals surface area (Å²) in [5.41, 5.74) is -4.93. The summed E-state index contributed by atoms with van der Waals surface area (Å²) in [5, 5.41) is 0. The minimum atomic E-state index is -5.97. The highest BCUT2D eigenvalue weighted by molar-refractivity contribution is 8.05. The maximum atomic E-state index is 12.1. The summed E-state index contributed by atoms with van der Waals surface area (Å²) in [4.78, 5) is -0.560. The van der Waals surface area contributed by atoms with Gasteiger partial charge in [0.1, 0.15) is 0 Å². The van der Waals surface area contributed by atoms with Gasteiger partial charge in [-0.25, -0.2) is 16.8 Å². The number of benzene rings is 1. The van der Waals surface area contributed by atoms with E-state index in [1.54, 1.807) is 0 Å². The second-order valence-corrected chi connectivity index (χ2v) is 7.87. The Kier molecular flexibility index (Phi) is 4.52. The van der Waals surface area contributed by atoms with Gasteiger partial charge in [0.2, 0.25) is 0 Å². The van der Waals surface area contributed by atoms with Gasteiger partial charge in [0.05, 0.1) is 4.90 Å². The van der Waals surface area contributed by atoms with Gasteiger partial charge in [0.25, 0.3) is 10.0 Å². The number of hydrogen-bond acceptors (Lipinski definition) is 4. The molecular formula is C10H12F3NO4S2. The van der Waals surface area contributed by atoms with Gasteiger partial charge in [0.15, 0.2) is 0 Å². The van der Waals surface area contributed by atoms with Crippen LogP contribution in [-0.4, -0.2) is 22.3 Å². The molecule has 0 radical (unpaired) electrons. The van der Waals surface area contributed by atoms with E-state index in [2.05, 4.69) is 0 Å². The molecule has 0 bridgehead atoms. The molecule has 0 aromatic heterocycles. The van der Waals surface area contributed by atoms with Gasteiger partial charge in [-0.2, -0.15) is 13.2 Å². The van der Waals surface area contributed by atoms with Crippen LogP contribution in [0.1, 0.15) is 25.3 Å². The van der Waals surface area contributed by atoms with E-state index in [9.17, 15) is 30.0 Å². The van der Waals surface area contributed by atoms with Crippen molar-refractivity contribution in [3.8, 4) is 0 Å². The standard InChI is InChI=1S/C10H12F3NO4S2/c1-7(2)8-3-5-9(6-4-8)19(15,16)14-20(17,18)10(11,12)13/h3-7,14H,1-2H3. The van der Waals surface area contributed by atoms with Gasteiger partial charge < -0.3 is 0 Å². The number of nitrogens with one attached hydrogen (secondary N) is 1. The predicted octanol–water partition coefficient (Wildman–Crippen LogP) is 1.94. The molecule has 0 aliphatic heterocycles. The lowest BCUT2D eigenvalue weighted by molar-refractivity contribution is -0.0441. The molecule has 5 nitrogen and oxygen atoms in total. The lowest BCUT2D eigenvalue weighted by Gasteiger charge is -2.11. The fraction of sp³-hybridized carbons (Fsp3) is 0.400. The molecule has 1 aromatic carbocycles. The molecule has 0 atom stereocenters. The molecule has 0 amide bonds. The minimum Gasteiger partial charge on any atom is -0.206 e. The normalized spacial score (nSPS) is 13.7. The van der Waals surface area contributed by atoms with E-state index < -0.39 is 30.5 Å². The maximum Gasteiger partial charge on any atom is 0.512 e. The van der Waals surface area contributed by atoms with Crippen LogP contribution in [0.15, 0.2) is 29.2 Å². The second-order valence-electron chi connectivity index (χ2n) is 4.26. The van der Waals surface area contributed by atoms with Crippen LogP contribution in [0, 0.1) is 0 Å². The molecule has 0 fully saturated rings. The molecule has 0 aliphatic rings. The Balaban J connectivity index is 3.13. The first-order valence-corrected chi connectivity index (χ1v) is 8.28. The third-order valence-corrected chi connectivity index (χ3v) is 5.64. The van der Waals surface area contributed by atoms with Crippen LogP contribution >= 0.6 is 0 Å². The average Bonchev–Trinajstić information content (AvgIpc) is 2.26. The van der Waals surface area contributed by atoms with Crippen molar-refractivity contribution in [2.24, 2.45) is 0 Å². The van der Waals surface area contributed by atoms with E-state index in [-0.39, 0.29) is 5.92 Å². The van der Waals surface area contributed by atoms with Crippen LogP contribution < -0.4 is 4.13 Å². The Labute approximate surface area is 114 Å². The Hall–Kier alpha value is -1.13. The molecule has 0 heterocycles. The third kappa shape index (κ3) is 3.70. The Bertz CT molecular complexity index is 676. The molecule has 1 aromatic rings. The zero-order chi connectivity index (χ0) is 15.8. The van der Waals surface area contributed by atoms with Crippen LogP contribution in [0.5, 0.6) is 0 Å². The summed E-state index contributed by atoms with van der Waals surface area (Å²) in [7, 11) is -10.8. The van der Waals surface area contributed by atoms with E-state index in [1.807, 2.05) is 13.8 Å². The first kappa shape index (κ1) is 16.9. The molecule has 114 valence electrons. The molecule has 0 unspecified atom stereocenters. The predicted molar refractivity (Wildman–Crippen MR) is 65.8 cm³/mol. The molecule has 20 heavy (non-hydrogen) atoms. The highest BCUT2D eigenvalue weighted by Crippen LogP contribution is 2.24. The van der Waals surface area contributed by atoms with Crippen LogP contribution in [-0.2, 0) is 20.0 Å². The lowest BCUT2D eigenvalue weighted by atomic mass is 10.0. The highest BCUT2D eigenvalue weighted by atomic mass is 32.3. The summed E-state index contributed by atoms with van der Waals surface area (Å²) in [6.45, 7) is 3.69. The Morgan fingerprint density at radius 1 is 1.00 bits per heavy atom. The Morgan fingerprint density at radius 3 is 1.80 bits per heavy atom. The number of hydrogen-bond donors (Lipinski definition) is 1. The van der Waals surface area contributed by atoms with Crippen LogP contribution in [0.2, 0.25) is 0 Å². The van der Waals surface area contributed by atoms with E-state index >= 15 is 0 Å². The van der Waals surface area contributed by atoms with Crippen LogP contribution in [0.4, 0.5) is 13.2 Å². The number of rotatable bonds is 4. The first-order valence-electron chi connectivity index (χ1n) is 5.31. The van der Waals surface area contributed by atoms with Crippen molar-refractivity contribution in [2.75, 3.05) is 0 Å². The summed E-state index contributed by atoms with van der Waals surface area (Å²) in [5.74, 6) is 0.0959. The number of sulfonamides is 2. The van der Waals surface area contributed by atoms with Crippen molar-refractivity contribution in [2.45, 2.75) is 30.2 Å². The molecular weight excluding hydrogens is 319 g/mol. The fourth-order valence-electron chi connectivity index (χ4n) is 1.27. The highest BCUT2D eigenvalue weighted by Gasteiger charge is 2.48. The lowest BCUT2D eigenvalue weighted by Crippen LogP contribution is -2.40. The second kappa shape index (κ2) is 5.34. The Morgan fingerprint density at radius 2 is 1.45 bits per heavy atom. The topological polar surface area (TPSA) is 80.3 Å². The van der Waals surface area contributed by atoms with Gasteiger partial charge in [-0.05, 0) is 23.6 Å². The van der Waals surface area contributed by atoms with E-state index in [0.29, 0.717) is 4.13 Å². The third-order valence-electron chi connectivity index (χ3n) is 2.38. The SMILES string of the molecule is CC(C)c1ccc(S(=O)(=O)NS(=O)(=O)C(F)(F)F)cc1. The molecule has 0 saturated heterocycles. The van der Waals surface area contributed by atoms with Crippen molar-refractivity contribution in [1.29, 1.82) is 0 Å². The van der Waals surface area contributed by atoms with Gasteiger partial charge in [0, 0.05) is 0 Å². The fourth-order valence-corrected chi connectivity index (χ4v) is 3.68. The van der Waals surface area contributed by atoms with Crippen molar-refractivity contribution in [3.63, 3.8) is 0 Å². The van der Waals surface area contributed by atoms with E-state index in [1.165, 1.54) is 12.1 Å². The van der Waals surface area contributed by atoms with Gasteiger partial charge in [-0.1, -0.05) is 30.1 Å².